The highest BCUT2D eigenvalue weighted by molar-refractivity contribution is 5.68. The van der Waals surface area contributed by atoms with Crippen LogP contribution in [-0.2, 0) is 9.47 Å². The molecule has 1 saturated carbocycles. The second-order valence-electron chi connectivity index (χ2n) is 9.51. The Bertz CT molecular complexity index is 648. The zero-order chi connectivity index (χ0) is 20.4. The van der Waals surface area contributed by atoms with Gasteiger partial charge in [0.25, 0.3) is 0 Å². The van der Waals surface area contributed by atoms with E-state index in [-0.39, 0.29) is 11.5 Å². The largest absolute Gasteiger partial charge is 0.444 e. The number of ether oxygens (including phenoxy) is 2. The third-order valence-electron chi connectivity index (χ3n) is 6.24. The molecule has 5 heteroatoms. The van der Waals surface area contributed by atoms with E-state index >= 15 is 0 Å². The fraction of sp³-hybridized carbons (Fsp3) is 0.696. The number of hydrogen-bond donors (Lipinski definition) is 1. The summed E-state index contributed by atoms with van der Waals surface area (Å²) in [4.78, 5) is 14.2. The van der Waals surface area contributed by atoms with Gasteiger partial charge < -0.3 is 19.7 Å². The Morgan fingerprint density at radius 2 is 1.89 bits per heavy atom. The van der Waals surface area contributed by atoms with Gasteiger partial charge in [0.05, 0.1) is 6.61 Å². The first-order chi connectivity index (χ1) is 13.2. The second kappa shape index (κ2) is 8.42. The normalized spacial score (nSPS) is 25.2. The van der Waals surface area contributed by atoms with Gasteiger partial charge in [-0.05, 0) is 52.5 Å². The van der Waals surface area contributed by atoms with Crippen molar-refractivity contribution in [1.82, 2.24) is 10.2 Å². The Labute approximate surface area is 169 Å². The summed E-state index contributed by atoms with van der Waals surface area (Å²) in [6, 6.07) is 11.6. The van der Waals surface area contributed by atoms with E-state index in [1.54, 1.807) is 7.11 Å². The van der Waals surface area contributed by atoms with Gasteiger partial charge in [-0.15, -0.1) is 0 Å². The minimum atomic E-state index is -0.453. The van der Waals surface area contributed by atoms with Crippen LogP contribution in [0.2, 0.25) is 0 Å². The van der Waals surface area contributed by atoms with Crippen molar-refractivity contribution >= 4 is 6.09 Å². The summed E-state index contributed by atoms with van der Waals surface area (Å²) >= 11 is 0. The van der Waals surface area contributed by atoms with Gasteiger partial charge >= 0.3 is 6.09 Å². The van der Waals surface area contributed by atoms with E-state index in [1.807, 2.05) is 25.7 Å². The number of hydrogen-bond acceptors (Lipinski definition) is 4. The van der Waals surface area contributed by atoms with E-state index in [0.717, 1.165) is 25.9 Å². The molecule has 0 radical (unpaired) electrons. The Morgan fingerprint density at radius 1 is 1.25 bits per heavy atom. The molecular formula is C23H36N2O3. The van der Waals surface area contributed by atoms with Crippen LogP contribution in [0.25, 0.3) is 0 Å². The number of benzene rings is 1. The van der Waals surface area contributed by atoms with E-state index in [1.165, 1.54) is 12.0 Å². The van der Waals surface area contributed by atoms with E-state index in [2.05, 4.69) is 42.6 Å². The maximum atomic E-state index is 12.4. The van der Waals surface area contributed by atoms with Gasteiger partial charge in [-0.3, -0.25) is 0 Å². The average molecular weight is 389 g/mol. The fourth-order valence-electron chi connectivity index (χ4n) is 4.40. The van der Waals surface area contributed by atoms with Crippen LogP contribution in [0.3, 0.4) is 0 Å². The van der Waals surface area contributed by atoms with Crippen molar-refractivity contribution in [2.24, 2.45) is 5.41 Å². The Kier molecular flexibility index (Phi) is 6.35. The van der Waals surface area contributed by atoms with E-state index in [4.69, 9.17) is 9.47 Å². The first-order valence-electron chi connectivity index (χ1n) is 10.5. The monoisotopic (exact) mass is 388 g/mol. The molecule has 1 saturated heterocycles. The number of likely N-dealkylation sites (tertiary alicyclic amines) is 1. The number of amides is 1. The van der Waals surface area contributed by atoms with Gasteiger partial charge in [-0.25, -0.2) is 4.79 Å². The van der Waals surface area contributed by atoms with Crippen molar-refractivity contribution in [2.75, 3.05) is 26.8 Å². The molecule has 28 heavy (non-hydrogen) atoms. The molecule has 1 aliphatic carbocycles. The summed E-state index contributed by atoms with van der Waals surface area (Å²) in [6.07, 6.45) is 2.85. The number of piperidine rings is 1. The Morgan fingerprint density at radius 3 is 2.46 bits per heavy atom. The summed E-state index contributed by atoms with van der Waals surface area (Å²) in [5.41, 5.74) is 1.02. The SMILES string of the molecule is COCC1(C(C)N[C@@H]2C[C@H]2c2ccccc2)CCN(C(=O)OC(C)(C)C)CC1. The van der Waals surface area contributed by atoms with Crippen molar-refractivity contribution in [2.45, 2.75) is 70.6 Å². The maximum Gasteiger partial charge on any atom is 0.410 e. The molecule has 1 amide bonds. The molecular weight excluding hydrogens is 352 g/mol. The molecule has 1 aliphatic heterocycles. The lowest BCUT2D eigenvalue weighted by Gasteiger charge is -2.45. The van der Waals surface area contributed by atoms with Gasteiger partial charge in [0.1, 0.15) is 5.60 Å². The molecule has 156 valence electrons. The average Bonchev–Trinajstić information content (AvgIpc) is 3.41. The number of nitrogens with zero attached hydrogens (tertiary/aromatic N) is 1. The molecule has 1 N–H and O–H groups in total. The van der Waals surface area contributed by atoms with Crippen LogP contribution >= 0.6 is 0 Å². The van der Waals surface area contributed by atoms with Crippen LogP contribution in [0.1, 0.15) is 58.4 Å². The lowest BCUT2D eigenvalue weighted by molar-refractivity contribution is -0.0191. The molecule has 2 aliphatic rings. The predicted octanol–water partition coefficient (Wildman–Crippen LogP) is 4.18. The van der Waals surface area contributed by atoms with Crippen LogP contribution in [0.5, 0.6) is 0 Å². The highest BCUT2D eigenvalue weighted by atomic mass is 16.6. The first-order valence-corrected chi connectivity index (χ1v) is 10.5. The first kappa shape index (κ1) is 21.1. The van der Waals surface area contributed by atoms with Crippen molar-refractivity contribution in [3.05, 3.63) is 35.9 Å². The highest BCUT2D eigenvalue weighted by Crippen LogP contribution is 2.43. The lowest BCUT2D eigenvalue weighted by atomic mass is 9.73. The standard InChI is InChI=1S/C23H36N2O3/c1-17(24-20-15-19(20)18-9-7-6-8-10-18)23(16-27-5)11-13-25(14-12-23)21(26)28-22(2,3)4/h6-10,17,19-20,24H,11-16H2,1-5H3/t17?,19-,20+/m0/s1. The smallest absolute Gasteiger partial charge is 0.410 e. The molecule has 3 rings (SSSR count). The topological polar surface area (TPSA) is 50.8 Å². The Balaban J connectivity index is 1.57. The molecule has 1 unspecified atom stereocenters. The fourth-order valence-corrected chi connectivity index (χ4v) is 4.40. The van der Waals surface area contributed by atoms with E-state index in [9.17, 15) is 4.79 Å². The molecule has 1 heterocycles. The molecule has 0 bridgehead atoms. The minimum absolute atomic E-state index is 0.0527. The minimum Gasteiger partial charge on any atom is -0.444 e. The van der Waals surface area contributed by atoms with Crippen LogP contribution < -0.4 is 5.32 Å². The zero-order valence-electron chi connectivity index (χ0n) is 18.0. The molecule has 5 nitrogen and oxygen atoms in total. The number of carbonyl (C=O) groups is 1. The third kappa shape index (κ3) is 5.06. The van der Waals surface area contributed by atoms with Crippen LogP contribution in [0.4, 0.5) is 4.79 Å². The number of rotatable bonds is 6. The molecule has 1 aromatic carbocycles. The van der Waals surface area contributed by atoms with Crippen molar-refractivity contribution in [1.29, 1.82) is 0 Å². The Hall–Kier alpha value is -1.59. The number of methoxy groups -OCH3 is 1. The molecule has 3 atom stereocenters. The van der Waals surface area contributed by atoms with Crippen molar-refractivity contribution < 1.29 is 14.3 Å². The van der Waals surface area contributed by atoms with Crippen molar-refractivity contribution in [3.8, 4) is 0 Å². The van der Waals surface area contributed by atoms with Gasteiger partial charge in [0.15, 0.2) is 0 Å². The summed E-state index contributed by atoms with van der Waals surface area (Å²) in [7, 11) is 1.78. The van der Waals surface area contributed by atoms with Crippen LogP contribution in [-0.4, -0.2) is 55.5 Å². The molecule has 0 aromatic heterocycles. The highest BCUT2D eigenvalue weighted by Gasteiger charge is 2.45. The third-order valence-corrected chi connectivity index (χ3v) is 6.24. The lowest BCUT2D eigenvalue weighted by Crippen LogP contribution is -2.54. The van der Waals surface area contributed by atoms with Crippen molar-refractivity contribution in [3.63, 3.8) is 0 Å². The van der Waals surface area contributed by atoms with E-state index in [0.29, 0.717) is 24.6 Å². The second-order valence-corrected chi connectivity index (χ2v) is 9.51. The zero-order valence-corrected chi connectivity index (χ0v) is 18.0. The van der Waals surface area contributed by atoms with E-state index < -0.39 is 5.60 Å². The summed E-state index contributed by atoms with van der Waals surface area (Å²) < 4.78 is 11.2. The van der Waals surface area contributed by atoms with Gasteiger partial charge in [-0.2, -0.15) is 0 Å². The maximum absolute atomic E-state index is 12.4. The molecule has 2 fully saturated rings. The quantitative estimate of drug-likeness (QED) is 0.794. The summed E-state index contributed by atoms with van der Waals surface area (Å²) in [6.45, 7) is 10.2. The van der Waals surface area contributed by atoms with Crippen LogP contribution in [0, 0.1) is 5.41 Å². The number of carbonyl (C=O) groups excluding carboxylic acids is 1. The van der Waals surface area contributed by atoms with Crippen LogP contribution in [0.15, 0.2) is 30.3 Å². The number of nitrogens with one attached hydrogen (secondary N) is 1. The molecule has 0 spiro atoms. The van der Waals surface area contributed by atoms with Gasteiger partial charge in [0, 0.05) is 43.6 Å². The summed E-state index contributed by atoms with van der Waals surface area (Å²) in [5.74, 6) is 0.616. The van der Waals surface area contributed by atoms with Gasteiger partial charge in [-0.1, -0.05) is 30.3 Å². The molecule has 1 aromatic rings. The predicted molar refractivity (Wildman–Crippen MR) is 112 cm³/mol. The van der Waals surface area contributed by atoms with Gasteiger partial charge in [0.2, 0.25) is 0 Å². The summed E-state index contributed by atoms with van der Waals surface area (Å²) in [5, 5.41) is 3.87.